The van der Waals surface area contributed by atoms with Gasteiger partial charge in [0.1, 0.15) is 11.5 Å². The number of likely N-dealkylation sites (tertiary alicyclic amines) is 1. The summed E-state index contributed by atoms with van der Waals surface area (Å²) in [5.41, 5.74) is 1.36. The first kappa shape index (κ1) is 21.1. The smallest absolute Gasteiger partial charge is 0.497 e. The molecule has 1 saturated heterocycles. The molecule has 2 atom stereocenters. The molecule has 7 nitrogen and oxygen atoms in total. The van der Waals surface area contributed by atoms with Gasteiger partial charge in [0, 0.05) is 18.7 Å². The van der Waals surface area contributed by atoms with Crippen LogP contribution in [0.2, 0.25) is 0 Å². The average Bonchev–Trinajstić information content (AvgIpc) is 3.34. The van der Waals surface area contributed by atoms with Crippen LogP contribution in [0.5, 0.6) is 11.5 Å². The van der Waals surface area contributed by atoms with Crippen LogP contribution in [-0.4, -0.2) is 46.3 Å². The van der Waals surface area contributed by atoms with E-state index in [0.29, 0.717) is 36.0 Å². The van der Waals surface area contributed by atoms with Crippen molar-refractivity contribution in [2.75, 3.05) is 13.7 Å². The predicted octanol–water partition coefficient (Wildman–Crippen LogP) is 3.95. The molecule has 0 amide bonds. The molecule has 1 aromatic heterocycles. The number of ether oxygens (including phenoxy) is 2. The highest BCUT2D eigenvalue weighted by Gasteiger charge is 2.36. The third kappa shape index (κ3) is 5.15. The normalized spacial score (nSPS) is 19.5. The van der Waals surface area contributed by atoms with Crippen LogP contribution in [-0.2, 0) is 6.54 Å². The zero-order valence-electron chi connectivity index (χ0n) is 16.5. The molecule has 0 saturated carbocycles. The first-order valence-corrected chi connectivity index (χ1v) is 9.55. The quantitative estimate of drug-likeness (QED) is 0.628. The second-order valence-electron chi connectivity index (χ2n) is 7.21. The Labute approximate surface area is 176 Å². The summed E-state index contributed by atoms with van der Waals surface area (Å²) in [5.74, 6) is 1.15. The summed E-state index contributed by atoms with van der Waals surface area (Å²) in [6.07, 6.45) is -4.99. The highest BCUT2D eigenvalue weighted by Crippen LogP contribution is 2.34. The molecule has 1 aliphatic rings. The number of methoxy groups -OCH3 is 1. The van der Waals surface area contributed by atoms with Gasteiger partial charge in [-0.05, 0) is 48.4 Å². The SMILES string of the molecule is COc1ccc(-c2noc([C@@H]3C[C@@H](O)CN3Cc3cccc(OC(F)(F)F)c3)n2)cc1. The van der Waals surface area contributed by atoms with E-state index in [-0.39, 0.29) is 18.3 Å². The summed E-state index contributed by atoms with van der Waals surface area (Å²) in [6, 6.07) is 12.6. The zero-order valence-corrected chi connectivity index (χ0v) is 16.5. The number of rotatable bonds is 6. The van der Waals surface area contributed by atoms with Crippen LogP contribution in [0, 0.1) is 0 Å². The van der Waals surface area contributed by atoms with E-state index in [0.717, 1.165) is 5.56 Å². The number of nitrogens with zero attached hydrogens (tertiary/aromatic N) is 3. The van der Waals surface area contributed by atoms with Crippen molar-refractivity contribution in [3.63, 3.8) is 0 Å². The summed E-state index contributed by atoms with van der Waals surface area (Å²) >= 11 is 0. The number of halogens is 3. The minimum Gasteiger partial charge on any atom is -0.497 e. The summed E-state index contributed by atoms with van der Waals surface area (Å²) in [4.78, 5) is 6.36. The van der Waals surface area contributed by atoms with Crippen molar-refractivity contribution in [2.24, 2.45) is 0 Å². The lowest BCUT2D eigenvalue weighted by atomic mass is 10.1. The van der Waals surface area contributed by atoms with E-state index in [2.05, 4.69) is 14.9 Å². The lowest BCUT2D eigenvalue weighted by Crippen LogP contribution is -2.24. The molecule has 10 heteroatoms. The Morgan fingerprint density at radius 2 is 1.94 bits per heavy atom. The first-order chi connectivity index (χ1) is 14.8. The highest BCUT2D eigenvalue weighted by molar-refractivity contribution is 5.55. The molecule has 1 aliphatic heterocycles. The lowest BCUT2D eigenvalue weighted by Gasteiger charge is -2.21. The van der Waals surface area contributed by atoms with E-state index >= 15 is 0 Å². The third-order valence-electron chi connectivity index (χ3n) is 4.97. The van der Waals surface area contributed by atoms with E-state index < -0.39 is 12.5 Å². The van der Waals surface area contributed by atoms with Gasteiger partial charge in [0.15, 0.2) is 0 Å². The largest absolute Gasteiger partial charge is 0.573 e. The fraction of sp³-hybridized carbons (Fsp3) is 0.333. The Bertz CT molecular complexity index is 1020. The Morgan fingerprint density at radius 3 is 2.65 bits per heavy atom. The Balaban J connectivity index is 1.51. The molecule has 0 bridgehead atoms. The second kappa shape index (κ2) is 8.56. The molecule has 2 aromatic carbocycles. The standard InChI is InChI=1S/C21H20F3N3O4/c1-29-16-7-5-14(6-8-16)19-25-20(31-26-19)18-10-15(28)12-27(18)11-13-3-2-4-17(9-13)30-21(22,23)24/h2-9,15,18,28H,10-12H2,1H3/t15-,18+/m1/s1. The predicted molar refractivity (Wildman–Crippen MR) is 103 cm³/mol. The second-order valence-corrected chi connectivity index (χ2v) is 7.21. The fourth-order valence-electron chi connectivity index (χ4n) is 3.61. The van der Waals surface area contributed by atoms with Crippen molar-refractivity contribution in [3.05, 3.63) is 60.0 Å². The van der Waals surface area contributed by atoms with Crippen molar-refractivity contribution in [1.82, 2.24) is 15.0 Å². The van der Waals surface area contributed by atoms with Gasteiger partial charge in [-0.2, -0.15) is 4.98 Å². The molecule has 31 heavy (non-hydrogen) atoms. The van der Waals surface area contributed by atoms with E-state index in [9.17, 15) is 18.3 Å². The molecular weight excluding hydrogens is 415 g/mol. The molecule has 0 radical (unpaired) electrons. The van der Waals surface area contributed by atoms with Crippen LogP contribution in [0.25, 0.3) is 11.4 Å². The van der Waals surface area contributed by atoms with Gasteiger partial charge in [-0.1, -0.05) is 17.3 Å². The Kier molecular flexibility index (Phi) is 5.84. The fourth-order valence-corrected chi connectivity index (χ4v) is 3.61. The van der Waals surface area contributed by atoms with Crippen LogP contribution >= 0.6 is 0 Å². The van der Waals surface area contributed by atoms with Crippen LogP contribution < -0.4 is 9.47 Å². The van der Waals surface area contributed by atoms with Crippen LogP contribution in [0.3, 0.4) is 0 Å². The summed E-state index contributed by atoms with van der Waals surface area (Å²) in [7, 11) is 1.58. The summed E-state index contributed by atoms with van der Waals surface area (Å²) in [6.45, 7) is 0.617. The van der Waals surface area contributed by atoms with Crippen molar-refractivity contribution in [1.29, 1.82) is 0 Å². The third-order valence-corrected chi connectivity index (χ3v) is 4.97. The topological polar surface area (TPSA) is 80.9 Å². The van der Waals surface area contributed by atoms with Gasteiger partial charge in [0.2, 0.25) is 11.7 Å². The highest BCUT2D eigenvalue weighted by atomic mass is 19.4. The van der Waals surface area contributed by atoms with Gasteiger partial charge in [0.25, 0.3) is 0 Å². The number of hydrogen-bond donors (Lipinski definition) is 1. The number of aromatic nitrogens is 2. The Morgan fingerprint density at radius 1 is 1.16 bits per heavy atom. The lowest BCUT2D eigenvalue weighted by molar-refractivity contribution is -0.274. The van der Waals surface area contributed by atoms with Crippen LogP contribution in [0.4, 0.5) is 13.2 Å². The van der Waals surface area contributed by atoms with E-state index in [1.54, 1.807) is 37.4 Å². The van der Waals surface area contributed by atoms with Gasteiger partial charge >= 0.3 is 6.36 Å². The van der Waals surface area contributed by atoms with Crippen LogP contribution in [0.15, 0.2) is 53.1 Å². The van der Waals surface area contributed by atoms with E-state index in [4.69, 9.17) is 9.26 Å². The molecule has 0 aliphatic carbocycles. The molecule has 0 spiro atoms. The van der Waals surface area contributed by atoms with Crippen molar-refractivity contribution in [2.45, 2.75) is 31.5 Å². The monoisotopic (exact) mass is 435 g/mol. The minimum atomic E-state index is -4.76. The van der Waals surface area contributed by atoms with Gasteiger partial charge in [0.05, 0.1) is 19.3 Å². The van der Waals surface area contributed by atoms with Gasteiger partial charge in [-0.3, -0.25) is 4.90 Å². The molecule has 4 rings (SSSR count). The number of benzene rings is 2. The molecule has 2 heterocycles. The van der Waals surface area contributed by atoms with E-state index in [1.165, 1.54) is 18.2 Å². The van der Waals surface area contributed by atoms with Crippen LogP contribution in [0.1, 0.15) is 23.9 Å². The van der Waals surface area contributed by atoms with Crippen molar-refractivity contribution in [3.8, 4) is 22.9 Å². The summed E-state index contributed by atoms with van der Waals surface area (Å²) < 4.78 is 52.1. The van der Waals surface area contributed by atoms with Gasteiger partial charge in [-0.25, -0.2) is 0 Å². The number of aliphatic hydroxyl groups excluding tert-OH is 1. The van der Waals surface area contributed by atoms with Gasteiger partial charge < -0.3 is 19.1 Å². The van der Waals surface area contributed by atoms with E-state index in [1.807, 2.05) is 4.90 Å². The first-order valence-electron chi connectivity index (χ1n) is 9.55. The minimum absolute atomic E-state index is 0.289. The molecule has 1 fully saturated rings. The number of aliphatic hydroxyl groups is 1. The Hall–Kier alpha value is -3.11. The van der Waals surface area contributed by atoms with Crippen molar-refractivity contribution < 1.29 is 32.3 Å². The molecule has 0 unspecified atom stereocenters. The average molecular weight is 435 g/mol. The molecule has 164 valence electrons. The van der Waals surface area contributed by atoms with Crippen molar-refractivity contribution >= 4 is 0 Å². The maximum Gasteiger partial charge on any atom is 0.573 e. The maximum absolute atomic E-state index is 12.5. The molecule has 1 N–H and O–H groups in total. The zero-order chi connectivity index (χ0) is 22.0. The molecule has 3 aromatic rings. The van der Waals surface area contributed by atoms with Gasteiger partial charge in [-0.15, -0.1) is 13.2 Å². The summed E-state index contributed by atoms with van der Waals surface area (Å²) in [5, 5.41) is 14.2. The maximum atomic E-state index is 12.5. The number of alkyl halides is 3. The molecular formula is C21H20F3N3O4. The number of hydrogen-bond acceptors (Lipinski definition) is 7. The number of β-amino-alcohol motifs (C(OH)–C–C–N with tert-alkyl or cyclic N) is 1.